The zero-order valence-corrected chi connectivity index (χ0v) is 12.2. The van der Waals surface area contributed by atoms with E-state index in [9.17, 15) is 9.90 Å². The molecular formula is C13H17IN2O2. The number of hydrogen-bond acceptors (Lipinski definition) is 3. The second-order valence-corrected chi connectivity index (χ2v) is 5.84. The van der Waals surface area contributed by atoms with E-state index in [2.05, 4.69) is 33.2 Å². The van der Waals surface area contributed by atoms with Crippen molar-refractivity contribution in [2.45, 2.75) is 12.5 Å². The average Bonchev–Trinajstić information content (AvgIpc) is 2.72. The van der Waals surface area contributed by atoms with E-state index in [1.165, 1.54) is 0 Å². The van der Waals surface area contributed by atoms with Crippen molar-refractivity contribution in [3.05, 3.63) is 33.4 Å². The molecule has 1 aliphatic heterocycles. The molecule has 0 bridgehead atoms. The van der Waals surface area contributed by atoms with Crippen molar-refractivity contribution >= 4 is 28.5 Å². The molecule has 2 rings (SSSR count). The lowest BCUT2D eigenvalue weighted by Gasteiger charge is -2.14. The fourth-order valence-electron chi connectivity index (χ4n) is 2.07. The predicted molar refractivity (Wildman–Crippen MR) is 78.2 cm³/mol. The molecule has 4 nitrogen and oxygen atoms in total. The van der Waals surface area contributed by atoms with Crippen LogP contribution in [0.1, 0.15) is 5.56 Å². The molecule has 2 atom stereocenters. The first-order valence-electron chi connectivity index (χ1n) is 6.05. The molecule has 1 saturated heterocycles. The van der Waals surface area contributed by atoms with Crippen LogP contribution < -0.4 is 10.6 Å². The highest BCUT2D eigenvalue weighted by Crippen LogP contribution is 2.09. The molecule has 1 aromatic rings. The summed E-state index contributed by atoms with van der Waals surface area (Å²) in [5, 5.41) is 15.6. The molecule has 0 aliphatic carbocycles. The Morgan fingerprint density at radius 3 is 3.00 bits per heavy atom. The minimum absolute atomic E-state index is 0.0103. The Labute approximate surface area is 120 Å². The van der Waals surface area contributed by atoms with Crippen LogP contribution in [0.25, 0.3) is 0 Å². The molecule has 0 radical (unpaired) electrons. The lowest BCUT2D eigenvalue weighted by atomic mass is 10.1. The van der Waals surface area contributed by atoms with Gasteiger partial charge >= 0.3 is 0 Å². The lowest BCUT2D eigenvalue weighted by molar-refractivity contribution is -0.120. The van der Waals surface area contributed by atoms with Gasteiger partial charge in [-0.25, -0.2) is 0 Å². The van der Waals surface area contributed by atoms with Gasteiger partial charge in [-0.3, -0.25) is 4.79 Å². The van der Waals surface area contributed by atoms with Crippen molar-refractivity contribution in [2.75, 3.05) is 19.6 Å². The molecule has 1 aliphatic rings. The molecule has 98 valence electrons. The van der Waals surface area contributed by atoms with Gasteiger partial charge in [-0.1, -0.05) is 12.1 Å². The Morgan fingerprint density at radius 1 is 1.50 bits per heavy atom. The molecule has 5 heteroatoms. The minimum atomic E-state index is -0.344. The van der Waals surface area contributed by atoms with Crippen LogP contribution in [0.2, 0.25) is 0 Å². The van der Waals surface area contributed by atoms with Gasteiger partial charge in [0.2, 0.25) is 5.91 Å². The van der Waals surface area contributed by atoms with E-state index in [0.717, 1.165) is 15.7 Å². The van der Waals surface area contributed by atoms with Crippen molar-refractivity contribution in [3.8, 4) is 0 Å². The van der Waals surface area contributed by atoms with Crippen LogP contribution in [0.5, 0.6) is 0 Å². The van der Waals surface area contributed by atoms with E-state index in [1.807, 2.05) is 24.3 Å². The van der Waals surface area contributed by atoms with E-state index in [-0.39, 0.29) is 17.9 Å². The van der Waals surface area contributed by atoms with Gasteiger partial charge in [-0.2, -0.15) is 0 Å². The van der Waals surface area contributed by atoms with Gasteiger partial charge in [0, 0.05) is 29.1 Å². The molecule has 3 N–H and O–H groups in total. The molecule has 0 spiro atoms. The van der Waals surface area contributed by atoms with Gasteiger partial charge in [0.1, 0.15) is 0 Å². The van der Waals surface area contributed by atoms with Crippen LogP contribution in [0.4, 0.5) is 0 Å². The fraction of sp³-hybridized carbons (Fsp3) is 0.462. The van der Waals surface area contributed by atoms with Crippen LogP contribution >= 0.6 is 22.6 Å². The summed E-state index contributed by atoms with van der Waals surface area (Å²) in [6, 6.07) is 7.91. The molecule has 1 heterocycles. The summed E-state index contributed by atoms with van der Waals surface area (Å²) in [7, 11) is 0. The lowest BCUT2D eigenvalue weighted by Crippen LogP contribution is -2.35. The quantitative estimate of drug-likeness (QED) is 0.687. The SMILES string of the molecule is O=C(Cc1cccc(I)c1)NCC1CNCC1O. The molecule has 0 saturated carbocycles. The van der Waals surface area contributed by atoms with Gasteiger partial charge in [0.15, 0.2) is 0 Å². The van der Waals surface area contributed by atoms with Crippen molar-refractivity contribution < 1.29 is 9.90 Å². The molecular weight excluding hydrogens is 343 g/mol. The maximum absolute atomic E-state index is 11.8. The van der Waals surface area contributed by atoms with E-state index in [4.69, 9.17) is 0 Å². The zero-order chi connectivity index (χ0) is 13.0. The monoisotopic (exact) mass is 360 g/mol. The Balaban J connectivity index is 1.78. The Hall–Kier alpha value is -0.660. The van der Waals surface area contributed by atoms with E-state index in [1.54, 1.807) is 0 Å². The van der Waals surface area contributed by atoms with Crippen LogP contribution in [0.15, 0.2) is 24.3 Å². The first kappa shape index (κ1) is 13.8. The highest BCUT2D eigenvalue weighted by molar-refractivity contribution is 14.1. The molecule has 1 aromatic carbocycles. The van der Waals surface area contributed by atoms with Crippen LogP contribution in [-0.4, -0.2) is 36.8 Å². The Morgan fingerprint density at radius 2 is 2.33 bits per heavy atom. The highest BCUT2D eigenvalue weighted by Gasteiger charge is 2.24. The van der Waals surface area contributed by atoms with E-state index >= 15 is 0 Å². The summed E-state index contributed by atoms with van der Waals surface area (Å²) in [5.41, 5.74) is 1.02. The second kappa shape index (κ2) is 6.49. The van der Waals surface area contributed by atoms with Gasteiger partial charge in [-0.15, -0.1) is 0 Å². The number of aliphatic hydroxyl groups excluding tert-OH is 1. The third kappa shape index (κ3) is 3.93. The van der Waals surface area contributed by atoms with E-state index < -0.39 is 0 Å². The summed E-state index contributed by atoms with van der Waals surface area (Å²) >= 11 is 2.23. The summed E-state index contributed by atoms with van der Waals surface area (Å²) in [6.45, 7) is 1.93. The normalized spacial score (nSPS) is 23.0. The summed E-state index contributed by atoms with van der Waals surface area (Å²) in [6.07, 6.45) is 0.0514. The zero-order valence-electron chi connectivity index (χ0n) is 10.0. The first-order valence-corrected chi connectivity index (χ1v) is 7.13. The molecule has 0 aromatic heterocycles. The number of rotatable bonds is 4. The van der Waals surface area contributed by atoms with Gasteiger partial charge < -0.3 is 15.7 Å². The summed E-state index contributed by atoms with van der Waals surface area (Å²) in [5.74, 6) is 0.140. The van der Waals surface area contributed by atoms with Crippen molar-refractivity contribution in [1.82, 2.24) is 10.6 Å². The predicted octanol–water partition coefficient (Wildman–Crippen LogP) is 0.530. The smallest absolute Gasteiger partial charge is 0.224 e. The number of aliphatic hydroxyl groups is 1. The fourth-order valence-corrected chi connectivity index (χ4v) is 2.67. The highest BCUT2D eigenvalue weighted by atomic mass is 127. The second-order valence-electron chi connectivity index (χ2n) is 4.60. The number of hydrogen-bond donors (Lipinski definition) is 3. The standard InChI is InChI=1S/C13H17IN2O2/c14-11-3-1-2-9(4-11)5-13(18)16-7-10-6-15-8-12(10)17/h1-4,10,12,15,17H,5-8H2,(H,16,18). The number of β-amino-alcohol motifs (C(OH)–C–C–N with tert-alkyl or cyclic N) is 1. The Bertz CT molecular complexity index is 425. The number of amides is 1. The van der Waals surface area contributed by atoms with Crippen LogP contribution in [0.3, 0.4) is 0 Å². The topological polar surface area (TPSA) is 61.4 Å². The van der Waals surface area contributed by atoms with Crippen molar-refractivity contribution in [1.29, 1.82) is 0 Å². The molecule has 1 fully saturated rings. The molecule has 2 unspecified atom stereocenters. The van der Waals surface area contributed by atoms with E-state index in [0.29, 0.717) is 19.5 Å². The Kier molecular flexibility index (Phi) is 4.96. The van der Waals surface area contributed by atoms with Crippen LogP contribution in [-0.2, 0) is 11.2 Å². The third-order valence-corrected chi connectivity index (χ3v) is 3.79. The number of carbonyl (C=O) groups is 1. The van der Waals surface area contributed by atoms with Gasteiger partial charge in [0.25, 0.3) is 0 Å². The number of benzene rings is 1. The first-order chi connectivity index (χ1) is 8.65. The largest absolute Gasteiger partial charge is 0.391 e. The molecule has 1 amide bonds. The van der Waals surface area contributed by atoms with Crippen molar-refractivity contribution in [2.24, 2.45) is 5.92 Å². The van der Waals surface area contributed by atoms with Crippen molar-refractivity contribution in [3.63, 3.8) is 0 Å². The van der Waals surface area contributed by atoms with Gasteiger partial charge in [-0.05, 0) is 40.3 Å². The molecule has 18 heavy (non-hydrogen) atoms. The van der Waals surface area contributed by atoms with Gasteiger partial charge in [0.05, 0.1) is 12.5 Å². The maximum atomic E-state index is 11.8. The number of halogens is 1. The van der Waals surface area contributed by atoms with Crippen LogP contribution in [0, 0.1) is 9.49 Å². The summed E-state index contributed by atoms with van der Waals surface area (Å²) in [4.78, 5) is 11.8. The third-order valence-electron chi connectivity index (χ3n) is 3.12. The number of nitrogens with one attached hydrogen (secondary N) is 2. The summed E-state index contributed by atoms with van der Waals surface area (Å²) < 4.78 is 1.13. The average molecular weight is 360 g/mol. The minimum Gasteiger partial charge on any atom is -0.391 e. The maximum Gasteiger partial charge on any atom is 0.224 e. The number of carbonyl (C=O) groups excluding carboxylic acids is 1.